The maximum absolute atomic E-state index is 12.7. The maximum Gasteiger partial charge on any atom is 0.324 e. The number of aryl methyl sites for hydroxylation is 2. The fraction of sp³-hybridized carbons (Fsp3) is 0.692. The Morgan fingerprint density at radius 3 is 2.76 bits per heavy atom. The summed E-state index contributed by atoms with van der Waals surface area (Å²) < 4.78 is 33.3. The average Bonchev–Trinajstić information content (AvgIpc) is 3.05. The number of nitrogens with zero attached hydrogens (tertiary/aromatic N) is 3. The predicted molar refractivity (Wildman–Crippen MR) is 76.2 cm³/mol. The molecular formula is C13H21N3O4S. The first kappa shape index (κ1) is 16.0. The lowest BCUT2D eigenvalue weighted by atomic mass is 10.2. The first-order valence-corrected chi connectivity index (χ1v) is 8.58. The minimum atomic E-state index is -3.76. The van der Waals surface area contributed by atoms with E-state index >= 15 is 0 Å². The number of rotatable bonds is 5. The van der Waals surface area contributed by atoms with Crippen LogP contribution in [0.3, 0.4) is 0 Å². The third-order valence-electron chi connectivity index (χ3n) is 3.63. The van der Waals surface area contributed by atoms with Gasteiger partial charge in [-0.05, 0) is 33.6 Å². The van der Waals surface area contributed by atoms with Gasteiger partial charge in [0.05, 0.1) is 6.61 Å². The second-order valence-corrected chi connectivity index (χ2v) is 6.78. The topological polar surface area (TPSA) is 81.5 Å². The van der Waals surface area contributed by atoms with Crippen molar-refractivity contribution in [1.82, 2.24) is 13.9 Å². The number of carbonyl (C=O) groups excluding carboxylic acids is 1. The molecule has 2 rings (SSSR count). The molecule has 0 saturated carbocycles. The zero-order valence-corrected chi connectivity index (χ0v) is 13.4. The fourth-order valence-electron chi connectivity index (χ4n) is 2.55. The van der Waals surface area contributed by atoms with E-state index in [2.05, 4.69) is 4.98 Å². The highest BCUT2D eigenvalue weighted by Crippen LogP contribution is 2.26. The number of esters is 1. The van der Waals surface area contributed by atoms with Gasteiger partial charge in [-0.3, -0.25) is 4.79 Å². The molecule has 0 N–H and O–H groups in total. The van der Waals surface area contributed by atoms with Gasteiger partial charge in [0.2, 0.25) is 0 Å². The van der Waals surface area contributed by atoms with Gasteiger partial charge in [0.1, 0.15) is 11.9 Å². The summed E-state index contributed by atoms with van der Waals surface area (Å²) in [4.78, 5) is 16.0. The van der Waals surface area contributed by atoms with Gasteiger partial charge in [0.25, 0.3) is 10.0 Å². The normalized spacial score (nSPS) is 19.9. The number of ether oxygens (including phenoxy) is 1. The van der Waals surface area contributed by atoms with E-state index in [4.69, 9.17) is 4.74 Å². The summed E-state index contributed by atoms with van der Waals surface area (Å²) in [6.45, 7) is 6.60. The van der Waals surface area contributed by atoms with Crippen molar-refractivity contribution in [2.45, 2.75) is 51.2 Å². The van der Waals surface area contributed by atoms with E-state index in [-0.39, 0.29) is 11.6 Å². The third-order valence-corrected chi connectivity index (χ3v) is 5.41. The molecule has 0 amide bonds. The Balaban J connectivity index is 2.31. The summed E-state index contributed by atoms with van der Waals surface area (Å²) in [5.74, 6) is 0.160. The van der Waals surface area contributed by atoms with Gasteiger partial charge in [0.15, 0.2) is 5.03 Å². The SMILES string of the molecule is CCOC(=O)C1CCCN1S(=O)(=O)c1cn(CC)c(C)n1. The Labute approximate surface area is 125 Å². The van der Waals surface area contributed by atoms with E-state index in [1.807, 2.05) is 6.92 Å². The molecule has 0 spiro atoms. The highest BCUT2D eigenvalue weighted by atomic mass is 32.2. The highest BCUT2D eigenvalue weighted by molar-refractivity contribution is 7.89. The van der Waals surface area contributed by atoms with E-state index in [0.29, 0.717) is 31.8 Å². The Hall–Kier alpha value is -1.41. The molecule has 0 bridgehead atoms. The summed E-state index contributed by atoms with van der Waals surface area (Å²) in [5, 5.41) is -0.00181. The van der Waals surface area contributed by atoms with Crippen molar-refractivity contribution in [2.24, 2.45) is 0 Å². The first-order valence-electron chi connectivity index (χ1n) is 7.14. The van der Waals surface area contributed by atoms with Gasteiger partial charge in [-0.1, -0.05) is 0 Å². The van der Waals surface area contributed by atoms with E-state index < -0.39 is 22.0 Å². The van der Waals surface area contributed by atoms with Crippen molar-refractivity contribution in [3.63, 3.8) is 0 Å². The smallest absolute Gasteiger partial charge is 0.324 e. The molecule has 1 unspecified atom stereocenters. The van der Waals surface area contributed by atoms with Crippen LogP contribution in [0.25, 0.3) is 0 Å². The van der Waals surface area contributed by atoms with Crippen LogP contribution in [0.15, 0.2) is 11.2 Å². The van der Waals surface area contributed by atoms with Crippen LogP contribution < -0.4 is 0 Å². The average molecular weight is 315 g/mol. The molecule has 7 nitrogen and oxygen atoms in total. The molecule has 118 valence electrons. The molecule has 1 aliphatic heterocycles. The van der Waals surface area contributed by atoms with Crippen molar-refractivity contribution in [3.05, 3.63) is 12.0 Å². The van der Waals surface area contributed by atoms with Crippen molar-refractivity contribution >= 4 is 16.0 Å². The first-order chi connectivity index (χ1) is 9.91. The Kier molecular flexibility index (Phi) is 4.67. The molecule has 1 aliphatic rings. The summed E-state index contributed by atoms with van der Waals surface area (Å²) in [6, 6.07) is -0.734. The van der Waals surface area contributed by atoms with Crippen molar-refractivity contribution in [2.75, 3.05) is 13.2 Å². The number of hydrogen-bond donors (Lipinski definition) is 0. The standard InChI is InChI=1S/C13H21N3O4S/c1-4-15-9-12(14-10(15)3)21(18,19)16-8-6-7-11(16)13(17)20-5-2/h9,11H,4-8H2,1-3H3. The van der Waals surface area contributed by atoms with E-state index in [0.717, 1.165) is 0 Å². The molecule has 21 heavy (non-hydrogen) atoms. The van der Waals surface area contributed by atoms with Crippen LogP contribution in [0.5, 0.6) is 0 Å². The molecule has 2 heterocycles. The van der Waals surface area contributed by atoms with Crippen LogP contribution in [-0.4, -0.2) is 47.4 Å². The lowest BCUT2D eigenvalue weighted by Gasteiger charge is -2.21. The molecule has 1 aromatic rings. The number of imidazole rings is 1. The van der Waals surface area contributed by atoms with Crippen molar-refractivity contribution in [3.8, 4) is 0 Å². The molecule has 1 saturated heterocycles. The Bertz CT molecular complexity index is 623. The molecule has 1 fully saturated rings. The zero-order valence-electron chi connectivity index (χ0n) is 12.6. The number of aromatic nitrogens is 2. The molecule has 0 aromatic carbocycles. The van der Waals surface area contributed by atoms with E-state index in [9.17, 15) is 13.2 Å². The number of carbonyl (C=O) groups is 1. The molecular weight excluding hydrogens is 294 g/mol. The lowest BCUT2D eigenvalue weighted by Crippen LogP contribution is -2.41. The second-order valence-electron chi connectivity index (χ2n) is 4.94. The van der Waals surface area contributed by atoms with E-state index in [1.54, 1.807) is 18.4 Å². The summed E-state index contributed by atoms with van der Waals surface area (Å²) in [6.07, 6.45) is 2.66. The number of hydrogen-bond acceptors (Lipinski definition) is 5. The van der Waals surface area contributed by atoms with Crippen molar-refractivity contribution < 1.29 is 17.9 Å². The summed E-state index contributed by atoms with van der Waals surface area (Å²) >= 11 is 0. The van der Waals surface area contributed by atoms with E-state index in [1.165, 1.54) is 10.5 Å². The second kappa shape index (κ2) is 6.15. The zero-order chi connectivity index (χ0) is 15.6. The quantitative estimate of drug-likeness (QED) is 0.755. The van der Waals surface area contributed by atoms with Gasteiger partial charge in [-0.25, -0.2) is 13.4 Å². The van der Waals surface area contributed by atoms with Crippen molar-refractivity contribution in [1.29, 1.82) is 0 Å². The van der Waals surface area contributed by atoms with Gasteiger partial charge in [-0.15, -0.1) is 0 Å². The van der Waals surface area contributed by atoms with Crippen LogP contribution in [-0.2, 0) is 26.1 Å². The highest BCUT2D eigenvalue weighted by Gasteiger charge is 2.41. The van der Waals surface area contributed by atoms with Crippen LogP contribution >= 0.6 is 0 Å². The summed E-state index contributed by atoms with van der Waals surface area (Å²) in [7, 11) is -3.76. The van der Waals surface area contributed by atoms with Gasteiger partial charge < -0.3 is 9.30 Å². The Morgan fingerprint density at radius 1 is 1.48 bits per heavy atom. The predicted octanol–water partition coefficient (Wildman–Crippen LogP) is 0.928. The van der Waals surface area contributed by atoms with Crippen LogP contribution in [0.4, 0.5) is 0 Å². The van der Waals surface area contributed by atoms with Crippen LogP contribution in [0.1, 0.15) is 32.5 Å². The fourth-order valence-corrected chi connectivity index (χ4v) is 4.19. The monoisotopic (exact) mass is 315 g/mol. The molecule has 1 atom stereocenters. The molecule has 0 radical (unpaired) electrons. The third kappa shape index (κ3) is 2.96. The molecule has 8 heteroatoms. The van der Waals surface area contributed by atoms with Gasteiger partial charge in [-0.2, -0.15) is 4.31 Å². The summed E-state index contributed by atoms with van der Waals surface area (Å²) in [5.41, 5.74) is 0. The van der Waals surface area contributed by atoms with Crippen LogP contribution in [0, 0.1) is 6.92 Å². The lowest BCUT2D eigenvalue weighted by molar-refractivity contribution is -0.146. The minimum absolute atomic E-state index is 0.00181. The number of sulfonamides is 1. The van der Waals surface area contributed by atoms with Gasteiger partial charge in [0, 0.05) is 19.3 Å². The van der Waals surface area contributed by atoms with Crippen LogP contribution in [0.2, 0.25) is 0 Å². The van der Waals surface area contributed by atoms with Gasteiger partial charge >= 0.3 is 5.97 Å². The molecule has 0 aliphatic carbocycles. The minimum Gasteiger partial charge on any atom is -0.465 e. The Morgan fingerprint density at radius 2 is 2.19 bits per heavy atom. The molecule has 1 aromatic heterocycles. The largest absolute Gasteiger partial charge is 0.465 e. The maximum atomic E-state index is 12.7.